The summed E-state index contributed by atoms with van der Waals surface area (Å²) < 4.78 is 27.1. The van der Waals surface area contributed by atoms with Gasteiger partial charge in [-0.2, -0.15) is 0 Å². The Balaban J connectivity index is 1.35. The summed E-state index contributed by atoms with van der Waals surface area (Å²) in [5.74, 6) is -1.93. The van der Waals surface area contributed by atoms with E-state index < -0.39 is 57.3 Å². The fourth-order valence-corrected chi connectivity index (χ4v) is 9.95. The minimum Gasteiger partial charge on any atom is -0.349 e. The fourth-order valence-electron chi connectivity index (χ4n) is 8.63. The summed E-state index contributed by atoms with van der Waals surface area (Å²) in [6, 6.07) is -3.29. The van der Waals surface area contributed by atoms with Crippen LogP contribution in [0.5, 0.6) is 0 Å². The number of rotatable bonds is 9. The molecular formula is C36H60N6O7S. The topological polar surface area (TPSA) is 174 Å². The van der Waals surface area contributed by atoms with Crippen molar-refractivity contribution in [3.8, 4) is 0 Å². The normalized spacial score (nSPS) is 30.4. The Hall–Kier alpha value is -2.74. The van der Waals surface area contributed by atoms with Crippen LogP contribution in [0, 0.1) is 23.2 Å². The average Bonchev–Trinajstić information content (AvgIpc) is 3.92. The molecule has 282 valence electrons. The second-order valence-corrected chi connectivity index (χ2v) is 18.7. The molecule has 13 nitrogen and oxygen atoms in total. The highest BCUT2D eigenvalue weighted by molar-refractivity contribution is 7.89. The van der Waals surface area contributed by atoms with Crippen LogP contribution in [0.3, 0.4) is 0 Å². The maximum Gasteiger partial charge on any atom is 0.315 e. The van der Waals surface area contributed by atoms with Crippen molar-refractivity contribution in [2.75, 3.05) is 32.9 Å². The van der Waals surface area contributed by atoms with E-state index in [0.29, 0.717) is 57.5 Å². The molecule has 2 saturated heterocycles. The largest absolute Gasteiger partial charge is 0.349 e. The number of carbonyl (C=O) groups is 5. The molecule has 4 N–H and O–H groups in total. The van der Waals surface area contributed by atoms with Gasteiger partial charge in [-0.05, 0) is 61.7 Å². The van der Waals surface area contributed by atoms with Gasteiger partial charge in [0.2, 0.25) is 27.6 Å². The number of nitrogens with zero attached hydrogens (tertiary/aromatic N) is 2. The van der Waals surface area contributed by atoms with Gasteiger partial charge in [-0.25, -0.2) is 17.5 Å². The third-order valence-electron chi connectivity index (χ3n) is 12.2. The number of hydrogen-bond acceptors (Lipinski definition) is 7. The number of amides is 5. The highest BCUT2D eigenvalue weighted by atomic mass is 32.2. The Kier molecular flexibility index (Phi) is 12.2. The van der Waals surface area contributed by atoms with Crippen LogP contribution in [-0.2, 0) is 29.2 Å². The first kappa shape index (κ1) is 38.5. The molecule has 3 saturated carbocycles. The molecule has 0 bridgehead atoms. The number of hydrogen-bond donors (Lipinski definition) is 4. The predicted octanol–water partition coefficient (Wildman–Crippen LogP) is 2.84. The zero-order chi connectivity index (χ0) is 36.3. The first-order valence-corrected chi connectivity index (χ1v) is 20.7. The van der Waals surface area contributed by atoms with Crippen molar-refractivity contribution >= 4 is 39.6 Å². The molecule has 50 heavy (non-hydrogen) atoms. The van der Waals surface area contributed by atoms with Crippen molar-refractivity contribution in [3.05, 3.63) is 0 Å². The Morgan fingerprint density at radius 2 is 1.48 bits per heavy atom. The summed E-state index contributed by atoms with van der Waals surface area (Å²) in [6.07, 6.45) is 12.5. The zero-order valence-corrected chi connectivity index (χ0v) is 31.4. The van der Waals surface area contributed by atoms with Gasteiger partial charge in [-0.3, -0.25) is 19.2 Å². The molecule has 0 aromatic rings. The molecular weight excluding hydrogens is 660 g/mol. The summed E-state index contributed by atoms with van der Waals surface area (Å²) in [5.41, 5.74) is -1.12. The van der Waals surface area contributed by atoms with Gasteiger partial charge in [-0.1, -0.05) is 78.1 Å². The van der Waals surface area contributed by atoms with Crippen LogP contribution in [0.25, 0.3) is 0 Å². The van der Waals surface area contributed by atoms with Crippen molar-refractivity contribution in [3.63, 3.8) is 0 Å². The molecule has 0 radical (unpaired) electrons. The lowest BCUT2D eigenvalue weighted by atomic mass is 9.83. The summed E-state index contributed by atoms with van der Waals surface area (Å²) in [7, 11) is -0.641. The SMILES string of the molecule is CN(C)S(=O)(=O)CC1(NC(=O)N[C@H]2CCCCCCCCC[C@@H](C(=O)C(=O)NCC3CC3)NC(=O)[C@@H]3[C@@H]4[C@H](CN3C2=O)C4(C)C)CCCCC1. The van der Waals surface area contributed by atoms with Gasteiger partial charge in [0.25, 0.3) is 5.91 Å². The minimum absolute atomic E-state index is 0.0940. The standard InChI is InChI=1S/C36H60N6O7S/c1-35(2)25-22-42-29(28(25)35)31(44)38-26(30(43)32(45)37-21-24-17-18-24)15-11-8-6-5-7-9-12-16-27(33(42)46)39-34(47)40-36(19-13-10-14-20-36)23-50(48,49)41(3)4/h24-29H,5-23H2,1-4H3,(H,37,45)(H,38,44)(H2,39,40,47)/t25-,26-,27-,28-,29-/m0/s1. The number of carbonyl (C=O) groups excluding carboxylic acids is 5. The van der Waals surface area contributed by atoms with Gasteiger partial charge in [0.15, 0.2) is 0 Å². The van der Waals surface area contributed by atoms with Gasteiger partial charge in [-0.15, -0.1) is 0 Å². The van der Waals surface area contributed by atoms with Crippen LogP contribution in [0.1, 0.15) is 117 Å². The molecule has 0 unspecified atom stereocenters. The number of ketones is 1. The van der Waals surface area contributed by atoms with Crippen LogP contribution < -0.4 is 21.3 Å². The molecule has 3 aliphatic carbocycles. The Morgan fingerprint density at radius 3 is 2.10 bits per heavy atom. The number of Topliss-reactive ketones (excluding diaryl/α,β-unsaturated/α-hetero) is 1. The second kappa shape index (κ2) is 15.9. The van der Waals surface area contributed by atoms with E-state index in [1.165, 1.54) is 18.4 Å². The van der Waals surface area contributed by atoms with E-state index >= 15 is 0 Å². The molecule has 5 atom stereocenters. The molecule has 5 aliphatic rings. The molecule has 5 amide bonds. The quantitative estimate of drug-likeness (QED) is 0.265. The maximum atomic E-state index is 14.4. The molecule has 0 aromatic carbocycles. The van der Waals surface area contributed by atoms with Crippen LogP contribution in [0.15, 0.2) is 0 Å². The van der Waals surface area contributed by atoms with E-state index in [2.05, 4.69) is 35.1 Å². The molecule has 2 heterocycles. The van der Waals surface area contributed by atoms with Crippen LogP contribution in [-0.4, -0.2) is 104 Å². The van der Waals surface area contributed by atoms with Crippen molar-refractivity contribution in [1.29, 1.82) is 0 Å². The van der Waals surface area contributed by atoms with Crippen molar-refractivity contribution in [2.45, 2.75) is 140 Å². The smallest absolute Gasteiger partial charge is 0.315 e. The van der Waals surface area contributed by atoms with Crippen LogP contribution in [0.4, 0.5) is 4.79 Å². The highest BCUT2D eigenvalue weighted by Gasteiger charge is 2.69. The van der Waals surface area contributed by atoms with Crippen molar-refractivity contribution in [1.82, 2.24) is 30.5 Å². The summed E-state index contributed by atoms with van der Waals surface area (Å²) in [6.45, 7) is 4.99. The lowest BCUT2D eigenvalue weighted by molar-refractivity contribution is -0.144. The van der Waals surface area contributed by atoms with Gasteiger partial charge >= 0.3 is 6.03 Å². The Labute approximate surface area is 298 Å². The Bertz CT molecular complexity index is 1390. The number of nitrogens with one attached hydrogen (secondary N) is 4. The monoisotopic (exact) mass is 720 g/mol. The molecule has 5 fully saturated rings. The average molecular weight is 721 g/mol. The second-order valence-electron chi connectivity index (χ2n) is 16.6. The van der Waals surface area contributed by atoms with E-state index in [4.69, 9.17) is 0 Å². The maximum absolute atomic E-state index is 14.4. The third-order valence-corrected chi connectivity index (χ3v) is 14.2. The van der Waals surface area contributed by atoms with Crippen LogP contribution in [0.2, 0.25) is 0 Å². The molecule has 5 rings (SSSR count). The molecule has 2 aliphatic heterocycles. The first-order valence-electron chi connectivity index (χ1n) is 19.1. The summed E-state index contributed by atoms with van der Waals surface area (Å²) >= 11 is 0. The van der Waals surface area contributed by atoms with E-state index in [1.807, 2.05) is 0 Å². The minimum atomic E-state index is -3.61. The number of urea groups is 1. The summed E-state index contributed by atoms with van der Waals surface area (Å²) in [5, 5.41) is 11.6. The lowest BCUT2D eigenvalue weighted by Gasteiger charge is -2.39. The van der Waals surface area contributed by atoms with E-state index in [0.717, 1.165) is 64.2 Å². The molecule has 0 aromatic heterocycles. The van der Waals surface area contributed by atoms with E-state index in [-0.39, 0.29) is 28.9 Å². The third kappa shape index (κ3) is 9.18. The first-order chi connectivity index (χ1) is 23.6. The zero-order valence-electron chi connectivity index (χ0n) is 30.6. The summed E-state index contributed by atoms with van der Waals surface area (Å²) in [4.78, 5) is 70.1. The van der Waals surface area contributed by atoms with Crippen molar-refractivity contribution in [2.24, 2.45) is 23.2 Å². The number of sulfonamides is 1. The van der Waals surface area contributed by atoms with Gasteiger partial charge in [0.05, 0.1) is 17.3 Å². The number of piperidine rings is 1. The Morgan fingerprint density at radius 1 is 0.880 bits per heavy atom. The van der Waals surface area contributed by atoms with Crippen molar-refractivity contribution < 1.29 is 32.4 Å². The predicted molar refractivity (Wildman–Crippen MR) is 189 cm³/mol. The fraction of sp³-hybridized carbons (Fsp3) is 0.861. The number of fused-ring (bicyclic) bond motifs is 3. The lowest BCUT2D eigenvalue weighted by Crippen LogP contribution is -2.62. The van der Waals surface area contributed by atoms with Crippen LogP contribution >= 0.6 is 0 Å². The van der Waals surface area contributed by atoms with Gasteiger partial charge in [0, 0.05) is 27.2 Å². The van der Waals surface area contributed by atoms with Gasteiger partial charge < -0.3 is 26.2 Å². The van der Waals surface area contributed by atoms with E-state index in [9.17, 15) is 32.4 Å². The molecule has 0 spiro atoms. The highest BCUT2D eigenvalue weighted by Crippen LogP contribution is 2.65. The molecule has 14 heteroatoms. The van der Waals surface area contributed by atoms with E-state index in [1.54, 1.807) is 4.90 Å². The van der Waals surface area contributed by atoms with Gasteiger partial charge in [0.1, 0.15) is 12.1 Å².